The molecule has 4 nitrogen and oxygen atoms in total. The summed E-state index contributed by atoms with van der Waals surface area (Å²) in [6, 6.07) is 5.45. The number of hydrogen-bond donors (Lipinski definition) is 0. The number of ether oxygens (including phenoxy) is 1. The Balaban J connectivity index is 1.93. The average molecular weight is 285 g/mol. The fourth-order valence-corrected chi connectivity index (χ4v) is 2.71. The Morgan fingerprint density at radius 2 is 2.14 bits per heavy atom. The summed E-state index contributed by atoms with van der Waals surface area (Å²) >= 11 is 0. The topological polar surface area (TPSA) is 42.7 Å². The smallest absolute Gasteiger partial charge is 0.254 e. The van der Waals surface area contributed by atoms with Crippen LogP contribution in [0.2, 0.25) is 0 Å². The highest BCUT2D eigenvalue weighted by Crippen LogP contribution is 2.29. The van der Waals surface area contributed by atoms with Crippen molar-refractivity contribution in [3.05, 3.63) is 42.7 Å². The van der Waals surface area contributed by atoms with Gasteiger partial charge in [0.2, 0.25) is 0 Å². The number of benzene rings is 1. The lowest BCUT2D eigenvalue weighted by Crippen LogP contribution is -2.35. The van der Waals surface area contributed by atoms with Crippen molar-refractivity contribution in [1.82, 2.24) is 4.90 Å². The highest BCUT2D eigenvalue weighted by atomic mass is 16.5. The van der Waals surface area contributed by atoms with Gasteiger partial charge in [-0.1, -0.05) is 12.7 Å². The lowest BCUT2D eigenvalue weighted by molar-refractivity contribution is 0.0724. The molecule has 1 aliphatic heterocycles. The Bertz CT molecular complexity index is 653. The number of likely N-dealkylation sites (tertiary alicyclic amines) is 1. The van der Waals surface area contributed by atoms with Gasteiger partial charge < -0.3 is 14.1 Å². The van der Waals surface area contributed by atoms with Crippen molar-refractivity contribution >= 4 is 16.9 Å². The zero-order chi connectivity index (χ0) is 14.7. The second-order valence-electron chi connectivity index (χ2n) is 5.26. The van der Waals surface area contributed by atoms with Gasteiger partial charge in [0.25, 0.3) is 5.91 Å². The highest BCUT2D eigenvalue weighted by Gasteiger charge is 2.20. The number of carbonyl (C=O) groups excluding carboxylic acids is 1. The van der Waals surface area contributed by atoms with Gasteiger partial charge in [0.1, 0.15) is 17.9 Å². The minimum atomic E-state index is 0.0523. The van der Waals surface area contributed by atoms with Crippen molar-refractivity contribution in [3.8, 4) is 5.75 Å². The van der Waals surface area contributed by atoms with E-state index in [-0.39, 0.29) is 5.91 Å². The van der Waals surface area contributed by atoms with Gasteiger partial charge in [0.15, 0.2) is 0 Å². The number of fused-ring (bicyclic) bond motifs is 1. The molecule has 0 saturated carbocycles. The second-order valence-corrected chi connectivity index (χ2v) is 5.26. The maximum absolute atomic E-state index is 12.6. The van der Waals surface area contributed by atoms with E-state index in [0.717, 1.165) is 31.3 Å². The summed E-state index contributed by atoms with van der Waals surface area (Å²) in [7, 11) is 0. The molecule has 0 spiro atoms. The molecule has 21 heavy (non-hydrogen) atoms. The van der Waals surface area contributed by atoms with Crippen LogP contribution in [-0.4, -0.2) is 30.5 Å². The molecular weight excluding hydrogens is 266 g/mol. The number of piperidine rings is 1. The predicted octanol–water partition coefficient (Wildman–Crippen LogP) is 3.62. The Morgan fingerprint density at radius 1 is 1.33 bits per heavy atom. The third-order valence-corrected chi connectivity index (χ3v) is 3.78. The quantitative estimate of drug-likeness (QED) is 0.806. The molecule has 1 aromatic carbocycles. The van der Waals surface area contributed by atoms with Crippen molar-refractivity contribution in [2.75, 3.05) is 19.7 Å². The SMILES string of the molecule is C=CCOc1cc(C(=O)N2CCCCC2)cc2occc12. The van der Waals surface area contributed by atoms with Crippen LogP contribution >= 0.6 is 0 Å². The maximum Gasteiger partial charge on any atom is 0.254 e. The third-order valence-electron chi connectivity index (χ3n) is 3.78. The lowest BCUT2D eigenvalue weighted by Gasteiger charge is -2.26. The summed E-state index contributed by atoms with van der Waals surface area (Å²) in [4.78, 5) is 14.5. The molecule has 0 bridgehead atoms. The van der Waals surface area contributed by atoms with Crippen LogP contribution in [0.25, 0.3) is 11.0 Å². The number of rotatable bonds is 4. The molecule has 1 aromatic heterocycles. The van der Waals surface area contributed by atoms with Gasteiger partial charge in [0, 0.05) is 18.7 Å². The van der Waals surface area contributed by atoms with Crippen molar-refractivity contribution in [2.45, 2.75) is 19.3 Å². The van der Waals surface area contributed by atoms with Crippen LogP contribution in [-0.2, 0) is 0 Å². The molecule has 3 rings (SSSR count). The number of hydrogen-bond acceptors (Lipinski definition) is 3. The summed E-state index contributed by atoms with van der Waals surface area (Å²) in [6.45, 7) is 5.72. The molecule has 0 aliphatic carbocycles. The van der Waals surface area contributed by atoms with Crippen LogP contribution in [0.4, 0.5) is 0 Å². The van der Waals surface area contributed by atoms with Crippen molar-refractivity contribution in [2.24, 2.45) is 0 Å². The zero-order valence-electron chi connectivity index (χ0n) is 12.0. The van der Waals surface area contributed by atoms with Crippen molar-refractivity contribution in [3.63, 3.8) is 0 Å². The predicted molar refractivity (Wildman–Crippen MR) is 81.7 cm³/mol. The fraction of sp³-hybridized carbons (Fsp3) is 0.353. The first-order chi connectivity index (χ1) is 10.3. The van der Waals surface area contributed by atoms with Crippen LogP contribution < -0.4 is 4.74 Å². The Morgan fingerprint density at radius 3 is 2.90 bits per heavy atom. The summed E-state index contributed by atoms with van der Waals surface area (Å²) in [6.07, 6.45) is 6.66. The van der Waals surface area contributed by atoms with Crippen LogP contribution in [0.15, 0.2) is 41.5 Å². The number of amides is 1. The average Bonchev–Trinajstić information content (AvgIpc) is 3.01. The van der Waals surface area contributed by atoms with E-state index in [1.165, 1.54) is 6.42 Å². The molecule has 2 aromatic rings. The molecule has 0 unspecified atom stereocenters. The van der Waals surface area contributed by atoms with E-state index in [4.69, 9.17) is 9.15 Å². The highest BCUT2D eigenvalue weighted by molar-refractivity contribution is 5.99. The van der Waals surface area contributed by atoms with E-state index in [2.05, 4.69) is 6.58 Å². The number of nitrogens with zero attached hydrogens (tertiary/aromatic N) is 1. The van der Waals surface area contributed by atoms with E-state index in [9.17, 15) is 4.79 Å². The molecule has 110 valence electrons. The molecule has 4 heteroatoms. The van der Waals surface area contributed by atoms with Crippen LogP contribution in [0, 0.1) is 0 Å². The fourth-order valence-electron chi connectivity index (χ4n) is 2.71. The lowest BCUT2D eigenvalue weighted by atomic mass is 10.1. The van der Waals surface area contributed by atoms with Gasteiger partial charge in [-0.05, 0) is 37.5 Å². The standard InChI is InChI=1S/C17H19NO3/c1-2-9-20-15-11-13(12-16-14(15)6-10-21-16)17(19)18-7-4-3-5-8-18/h2,6,10-12H,1,3-5,7-9H2. The van der Waals surface area contributed by atoms with Gasteiger partial charge in [-0.2, -0.15) is 0 Å². The van der Waals surface area contributed by atoms with E-state index < -0.39 is 0 Å². The summed E-state index contributed by atoms with van der Waals surface area (Å²) in [5, 5.41) is 0.882. The van der Waals surface area contributed by atoms with Gasteiger partial charge in [-0.3, -0.25) is 4.79 Å². The van der Waals surface area contributed by atoms with E-state index in [1.807, 2.05) is 11.0 Å². The molecule has 0 radical (unpaired) electrons. The minimum Gasteiger partial charge on any atom is -0.489 e. The van der Waals surface area contributed by atoms with E-state index >= 15 is 0 Å². The van der Waals surface area contributed by atoms with Crippen molar-refractivity contribution in [1.29, 1.82) is 0 Å². The molecule has 1 saturated heterocycles. The van der Waals surface area contributed by atoms with Gasteiger partial charge >= 0.3 is 0 Å². The van der Waals surface area contributed by atoms with E-state index in [1.54, 1.807) is 24.5 Å². The molecule has 0 atom stereocenters. The van der Waals surface area contributed by atoms with Gasteiger partial charge in [-0.25, -0.2) is 0 Å². The number of furan rings is 1. The first kappa shape index (κ1) is 13.7. The molecular formula is C17H19NO3. The summed E-state index contributed by atoms with van der Waals surface area (Å²) in [5.41, 5.74) is 1.30. The second kappa shape index (κ2) is 6.04. The molecule has 2 heterocycles. The first-order valence-corrected chi connectivity index (χ1v) is 7.34. The first-order valence-electron chi connectivity index (χ1n) is 7.34. The Labute approximate surface area is 124 Å². The van der Waals surface area contributed by atoms with E-state index in [0.29, 0.717) is 23.5 Å². The van der Waals surface area contributed by atoms with Crippen molar-refractivity contribution < 1.29 is 13.9 Å². The van der Waals surface area contributed by atoms with Crippen LogP contribution in [0.5, 0.6) is 5.75 Å². The minimum absolute atomic E-state index is 0.0523. The Hall–Kier alpha value is -2.23. The maximum atomic E-state index is 12.6. The largest absolute Gasteiger partial charge is 0.489 e. The van der Waals surface area contributed by atoms with Crippen LogP contribution in [0.3, 0.4) is 0 Å². The van der Waals surface area contributed by atoms with Gasteiger partial charge in [0.05, 0.1) is 11.6 Å². The molecule has 1 amide bonds. The van der Waals surface area contributed by atoms with Gasteiger partial charge in [-0.15, -0.1) is 0 Å². The molecule has 0 N–H and O–H groups in total. The molecule has 1 aliphatic rings. The monoisotopic (exact) mass is 285 g/mol. The zero-order valence-corrected chi connectivity index (χ0v) is 12.0. The van der Waals surface area contributed by atoms with Crippen LogP contribution in [0.1, 0.15) is 29.6 Å². The summed E-state index contributed by atoms with van der Waals surface area (Å²) < 4.78 is 11.1. The number of carbonyl (C=O) groups is 1. The normalized spacial score (nSPS) is 15.1. The third kappa shape index (κ3) is 2.79. The Kier molecular flexibility index (Phi) is 3.95. The summed E-state index contributed by atoms with van der Waals surface area (Å²) in [5.74, 6) is 0.720. The molecule has 1 fully saturated rings.